The number of benzene rings is 2. The van der Waals surface area contributed by atoms with E-state index in [0.29, 0.717) is 23.8 Å². The van der Waals surface area contributed by atoms with Crippen LogP contribution in [0, 0.1) is 5.82 Å². The van der Waals surface area contributed by atoms with Gasteiger partial charge < -0.3 is 4.90 Å². The Balaban J connectivity index is 1.70. The molecule has 7 heteroatoms. The van der Waals surface area contributed by atoms with Crippen LogP contribution in [-0.2, 0) is 9.59 Å². The molecule has 0 aliphatic carbocycles. The van der Waals surface area contributed by atoms with Crippen LogP contribution >= 0.6 is 11.8 Å². The molecule has 5 nitrogen and oxygen atoms in total. The fourth-order valence-electron chi connectivity index (χ4n) is 3.13. The molecular formula is C21H18FN3O2S. The van der Waals surface area contributed by atoms with Crippen LogP contribution in [0.4, 0.5) is 10.1 Å². The SMILES string of the molecule is CN1CCC(SC2=NC(=Cc3ccccc3)C(=O)N2c2ccc(F)cc2)C1=O. The van der Waals surface area contributed by atoms with Crippen LogP contribution in [0.3, 0.4) is 0 Å². The number of hydrogen-bond acceptors (Lipinski definition) is 4. The maximum atomic E-state index is 13.4. The molecule has 0 aromatic heterocycles. The van der Waals surface area contributed by atoms with Crippen molar-refractivity contribution in [3.63, 3.8) is 0 Å². The zero-order chi connectivity index (χ0) is 19.7. The summed E-state index contributed by atoms with van der Waals surface area (Å²) < 4.78 is 13.4. The molecule has 142 valence electrons. The Morgan fingerprint density at radius 3 is 2.46 bits per heavy atom. The predicted octanol–water partition coefficient (Wildman–Crippen LogP) is 3.53. The van der Waals surface area contributed by atoms with E-state index in [-0.39, 0.29) is 28.6 Å². The highest BCUT2D eigenvalue weighted by atomic mass is 32.2. The Hall–Kier alpha value is -2.93. The van der Waals surface area contributed by atoms with Crippen molar-refractivity contribution in [3.8, 4) is 0 Å². The zero-order valence-electron chi connectivity index (χ0n) is 15.2. The molecule has 2 aromatic rings. The van der Waals surface area contributed by atoms with Crippen LogP contribution < -0.4 is 4.90 Å². The highest BCUT2D eigenvalue weighted by Crippen LogP contribution is 2.34. The molecule has 0 bridgehead atoms. The van der Waals surface area contributed by atoms with Gasteiger partial charge in [0, 0.05) is 13.6 Å². The number of carbonyl (C=O) groups excluding carboxylic acids is 2. The average Bonchev–Trinajstić information content (AvgIpc) is 3.17. The molecule has 0 spiro atoms. The minimum Gasteiger partial charge on any atom is -0.345 e. The number of hydrogen-bond donors (Lipinski definition) is 0. The zero-order valence-corrected chi connectivity index (χ0v) is 16.0. The molecule has 1 saturated heterocycles. The van der Waals surface area contributed by atoms with Crippen molar-refractivity contribution in [2.45, 2.75) is 11.7 Å². The number of halogens is 1. The normalized spacial score (nSPS) is 21.0. The van der Waals surface area contributed by atoms with Crippen molar-refractivity contribution in [1.29, 1.82) is 0 Å². The van der Waals surface area contributed by atoms with Crippen LogP contribution in [0.2, 0.25) is 0 Å². The van der Waals surface area contributed by atoms with E-state index in [9.17, 15) is 14.0 Å². The number of aliphatic imine (C=N–C) groups is 1. The monoisotopic (exact) mass is 395 g/mol. The highest BCUT2D eigenvalue weighted by molar-refractivity contribution is 8.15. The van der Waals surface area contributed by atoms with Crippen LogP contribution in [0.15, 0.2) is 65.3 Å². The van der Waals surface area contributed by atoms with E-state index in [1.807, 2.05) is 30.3 Å². The Bertz CT molecular complexity index is 973. The van der Waals surface area contributed by atoms with Gasteiger partial charge in [0.05, 0.1) is 10.9 Å². The van der Waals surface area contributed by atoms with Gasteiger partial charge in [-0.3, -0.25) is 14.5 Å². The molecule has 0 saturated carbocycles. The van der Waals surface area contributed by atoms with Crippen LogP contribution in [0.1, 0.15) is 12.0 Å². The third-order valence-corrected chi connectivity index (χ3v) is 5.85. The molecule has 1 atom stereocenters. The minimum absolute atomic E-state index is 0.0275. The van der Waals surface area contributed by atoms with E-state index in [1.165, 1.54) is 40.9 Å². The summed E-state index contributed by atoms with van der Waals surface area (Å²) in [6.45, 7) is 0.682. The third kappa shape index (κ3) is 3.57. The Kier molecular flexibility index (Phi) is 5.00. The summed E-state index contributed by atoms with van der Waals surface area (Å²) >= 11 is 1.28. The summed E-state index contributed by atoms with van der Waals surface area (Å²) in [5.74, 6) is -0.648. The lowest BCUT2D eigenvalue weighted by atomic mass is 10.2. The summed E-state index contributed by atoms with van der Waals surface area (Å²) in [7, 11) is 1.77. The molecular weight excluding hydrogens is 377 g/mol. The largest absolute Gasteiger partial charge is 0.345 e. The molecule has 28 heavy (non-hydrogen) atoms. The van der Waals surface area contributed by atoms with Gasteiger partial charge in [-0.15, -0.1) is 0 Å². The quantitative estimate of drug-likeness (QED) is 0.747. The predicted molar refractivity (Wildman–Crippen MR) is 109 cm³/mol. The first kappa shape index (κ1) is 18.4. The van der Waals surface area contributed by atoms with Crippen molar-refractivity contribution >= 4 is 40.5 Å². The van der Waals surface area contributed by atoms with Gasteiger partial charge in [-0.05, 0) is 42.3 Å². The van der Waals surface area contributed by atoms with Gasteiger partial charge in [-0.1, -0.05) is 42.1 Å². The number of amidine groups is 1. The molecule has 2 aromatic carbocycles. The number of thioether (sulfide) groups is 1. The molecule has 2 heterocycles. The number of nitrogens with zero attached hydrogens (tertiary/aromatic N) is 3. The van der Waals surface area contributed by atoms with Gasteiger partial charge in [0.2, 0.25) is 5.91 Å². The van der Waals surface area contributed by atoms with Gasteiger partial charge in [-0.2, -0.15) is 0 Å². The highest BCUT2D eigenvalue weighted by Gasteiger charge is 2.37. The van der Waals surface area contributed by atoms with Crippen molar-refractivity contribution in [3.05, 3.63) is 71.7 Å². The number of anilines is 1. The van der Waals surface area contributed by atoms with Gasteiger partial charge in [-0.25, -0.2) is 9.38 Å². The lowest BCUT2D eigenvalue weighted by Crippen LogP contribution is -2.33. The van der Waals surface area contributed by atoms with Crippen molar-refractivity contribution in [2.24, 2.45) is 4.99 Å². The van der Waals surface area contributed by atoms with Crippen molar-refractivity contribution < 1.29 is 14.0 Å². The van der Waals surface area contributed by atoms with E-state index in [4.69, 9.17) is 0 Å². The molecule has 4 rings (SSSR count). The van der Waals surface area contributed by atoms with Crippen molar-refractivity contribution in [1.82, 2.24) is 4.90 Å². The maximum absolute atomic E-state index is 13.4. The molecule has 2 aliphatic rings. The summed E-state index contributed by atoms with van der Waals surface area (Å²) in [5.41, 5.74) is 1.67. The molecule has 0 radical (unpaired) electrons. The second-order valence-corrected chi connectivity index (χ2v) is 7.78. The lowest BCUT2D eigenvalue weighted by Gasteiger charge is -2.19. The van der Waals surface area contributed by atoms with Gasteiger partial charge in [0.15, 0.2) is 5.17 Å². The van der Waals surface area contributed by atoms with Crippen LogP contribution in [-0.4, -0.2) is 40.7 Å². The van der Waals surface area contributed by atoms with E-state index < -0.39 is 0 Å². The standard InChI is InChI=1S/C21H18FN3O2S/c1-24-12-11-18(20(24)27)28-21-23-17(13-14-5-3-2-4-6-14)19(26)25(21)16-9-7-15(22)8-10-16/h2-10,13,18H,11-12H2,1H3. The second kappa shape index (κ2) is 7.59. The smallest absolute Gasteiger partial charge is 0.283 e. The van der Waals surface area contributed by atoms with Gasteiger partial charge >= 0.3 is 0 Å². The van der Waals surface area contributed by atoms with Gasteiger partial charge in [0.1, 0.15) is 11.5 Å². The molecule has 1 fully saturated rings. The first-order valence-corrected chi connectivity index (χ1v) is 9.78. The molecule has 0 N–H and O–H groups in total. The van der Waals surface area contributed by atoms with E-state index in [0.717, 1.165) is 5.56 Å². The molecule has 1 unspecified atom stereocenters. The van der Waals surface area contributed by atoms with Crippen LogP contribution in [0.5, 0.6) is 0 Å². The second-order valence-electron chi connectivity index (χ2n) is 6.61. The van der Waals surface area contributed by atoms with Crippen LogP contribution in [0.25, 0.3) is 6.08 Å². The third-order valence-electron chi connectivity index (χ3n) is 4.64. The van der Waals surface area contributed by atoms with Gasteiger partial charge in [0.25, 0.3) is 5.91 Å². The Morgan fingerprint density at radius 1 is 1.11 bits per heavy atom. The lowest BCUT2D eigenvalue weighted by molar-refractivity contribution is -0.126. The fraction of sp³-hybridized carbons (Fsp3) is 0.190. The first-order valence-electron chi connectivity index (χ1n) is 8.90. The summed E-state index contributed by atoms with van der Waals surface area (Å²) in [6.07, 6.45) is 2.41. The summed E-state index contributed by atoms with van der Waals surface area (Å²) in [6, 6.07) is 15.1. The fourth-order valence-corrected chi connectivity index (χ4v) is 4.33. The summed E-state index contributed by atoms with van der Waals surface area (Å²) in [4.78, 5) is 33.0. The minimum atomic E-state index is -0.380. The number of likely N-dealkylation sites (tertiary alicyclic amines) is 1. The maximum Gasteiger partial charge on any atom is 0.283 e. The number of rotatable bonds is 3. The first-order chi connectivity index (χ1) is 13.5. The topological polar surface area (TPSA) is 53.0 Å². The van der Waals surface area contributed by atoms with E-state index in [1.54, 1.807) is 18.0 Å². The van der Waals surface area contributed by atoms with Crippen molar-refractivity contribution in [2.75, 3.05) is 18.5 Å². The average molecular weight is 395 g/mol. The summed E-state index contributed by atoms with van der Waals surface area (Å²) in [5, 5.41) is 0.156. The molecule has 2 amide bonds. The number of amides is 2. The molecule has 2 aliphatic heterocycles. The van der Waals surface area contributed by atoms with E-state index >= 15 is 0 Å². The Labute approximate surface area is 166 Å². The number of carbonyl (C=O) groups is 2. The van der Waals surface area contributed by atoms with E-state index in [2.05, 4.69) is 4.99 Å². The Morgan fingerprint density at radius 2 is 1.82 bits per heavy atom.